The summed E-state index contributed by atoms with van der Waals surface area (Å²) in [6, 6.07) is 6.56. The fraction of sp³-hybridized carbons (Fsp3) is 0.500. The van der Waals surface area contributed by atoms with Gasteiger partial charge in [0.25, 0.3) is 0 Å². The van der Waals surface area contributed by atoms with Crippen LogP contribution in [-0.2, 0) is 0 Å². The van der Waals surface area contributed by atoms with E-state index in [0.29, 0.717) is 6.04 Å². The van der Waals surface area contributed by atoms with Gasteiger partial charge in [0.1, 0.15) is 0 Å². The lowest BCUT2D eigenvalue weighted by Crippen LogP contribution is -2.16. The van der Waals surface area contributed by atoms with Gasteiger partial charge in [0.15, 0.2) is 0 Å². The van der Waals surface area contributed by atoms with Crippen LogP contribution in [0.3, 0.4) is 0 Å². The highest BCUT2D eigenvalue weighted by atomic mass is 79.9. The summed E-state index contributed by atoms with van der Waals surface area (Å²) in [5.74, 6) is 0.917. The molecular weight excluding hydrogens is 273 g/mol. The summed E-state index contributed by atoms with van der Waals surface area (Å²) in [6.45, 7) is 0. The van der Waals surface area contributed by atoms with E-state index in [1.165, 1.54) is 24.8 Å². The molecule has 1 aromatic carbocycles. The van der Waals surface area contributed by atoms with Crippen LogP contribution in [0.25, 0.3) is 0 Å². The molecule has 0 bridgehead atoms. The second-order valence-electron chi connectivity index (χ2n) is 4.22. The van der Waals surface area contributed by atoms with Gasteiger partial charge in [0.05, 0.1) is 0 Å². The molecule has 1 N–H and O–H groups in total. The maximum absolute atomic E-state index is 6.05. The van der Waals surface area contributed by atoms with Crippen molar-refractivity contribution in [3.63, 3.8) is 0 Å². The Morgan fingerprint density at radius 2 is 2.20 bits per heavy atom. The second-order valence-corrected chi connectivity index (χ2v) is 5.58. The van der Waals surface area contributed by atoms with Gasteiger partial charge in [0.2, 0.25) is 0 Å². The van der Waals surface area contributed by atoms with E-state index in [0.717, 1.165) is 15.4 Å². The van der Waals surface area contributed by atoms with Gasteiger partial charge in [-0.05, 0) is 43.1 Å². The number of benzene rings is 1. The maximum atomic E-state index is 6.05. The molecule has 0 radical (unpaired) electrons. The van der Waals surface area contributed by atoms with Gasteiger partial charge < -0.3 is 5.32 Å². The Balaban J connectivity index is 2.16. The van der Waals surface area contributed by atoms with Crippen LogP contribution in [0.5, 0.6) is 0 Å². The van der Waals surface area contributed by atoms with E-state index in [9.17, 15) is 0 Å². The fourth-order valence-corrected chi connectivity index (χ4v) is 2.77. The first-order valence-corrected chi connectivity index (χ1v) is 6.49. The van der Waals surface area contributed by atoms with Gasteiger partial charge in [-0.15, -0.1) is 0 Å². The number of nitrogens with one attached hydrogen (secondary N) is 1. The van der Waals surface area contributed by atoms with E-state index in [1.807, 2.05) is 13.1 Å². The molecule has 0 aliphatic heterocycles. The van der Waals surface area contributed by atoms with Crippen LogP contribution < -0.4 is 5.32 Å². The van der Waals surface area contributed by atoms with Crippen molar-refractivity contribution in [3.8, 4) is 0 Å². The zero-order valence-electron chi connectivity index (χ0n) is 8.76. The lowest BCUT2D eigenvalue weighted by Gasteiger charge is -2.17. The number of hydrogen-bond donors (Lipinski definition) is 1. The maximum Gasteiger partial charge on any atom is 0.0420 e. The molecule has 0 amide bonds. The molecule has 1 unspecified atom stereocenters. The Kier molecular flexibility index (Phi) is 3.70. The van der Waals surface area contributed by atoms with Crippen molar-refractivity contribution in [2.24, 2.45) is 5.92 Å². The van der Waals surface area contributed by atoms with Crippen LogP contribution in [-0.4, -0.2) is 7.05 Å². The third-order valence-electron chi connectivity index (χ3n) is 2.90. The highest BCUT2D eigenvalue weighted by molar-refractivity contribution is 9.10. The van der Waals surface area contributed by atoms with E-state index >= 15 is 0 Å². The monoisotopic (exact) mass is 287 g/mol. The first-order chi connectivity index (χ1) is 7.19. The number of rotatable bonds is 4. The Hall–Kier alpha value is -0.0500. The predicted molar refractivity (Wildman–Crippen MR) is 68.3 cm³/mol. The minimum absolute atomic E-state index is 0.437. The highest BCUT2D eigenvalue weighted by Crippen LogP contribution is 2.38. The predicted octanol–water partition coefficient (Wildman–Crippen LogP) is 4.16. The zero-order valence-corrected chi connectivity index (χ0v) is 11.1. The minimum Gasteiger partial charge on any atom is -0.313 e. The average Bonchev–Trinajstić information content (AvgIpc) is 2.96. The molecule has 1 aliphatic carbocycles. The quantitative estimate of drug-likeness (QED) is 0.877. The fourth-order valence-electron chi connectivity index (χ4n) is 1.88. The van der Waals surface area contributed by atoms with Gasteiger partial charge in [-0.3, -0.25) is 0 Å². The van der Waals surface area contributed by atoms with Crippen molar-refractivity contribution >= 4 is 27.5 Å². The standard InChI is InChI=1S/C12H15BrClN/c1-15-12(4-8-2-3-8)9-5-10(13)7-11(14)6-9/h5-8,12,15H,2-4H2,1H3. The van der Waals surface area contributed by atoms with Crippen LogP contribution in [0.15, 0.2) is 22.7 Å². The molecule has 15 heavy (non-hydrogen) atoms. The Labute approximate surface area is 104 Å². The summed E-state index contributed by atoms with van der Waals surface area (Å²) < 4.78 is 1.06. The largest absolute Gasteiger partial charge is 0.313 e. The molecular formula is C12H15BrClN. The van der Waals surface area contributed by atoms with Crippen LogP contribution in [0, 0.1) is 5.92 Å². The molecule has 0 aromatic heterocycles. The van der Waals surface area contributed by atoms with Crippen molar-refractivity contribution in [3.05, 3.63) is 33.3 Å². The Morgan fingerprint density at radius 1 is 1.47 bits per heavy atom. The van der Waals surface area contributed by atoms with Crippen molar-refractivity contribution in [1.29, 1.82) is 0 Å². The SMILES string of the molecule is CNC(CC1CC1)c1cc(Cl)cc(Br)c1. The van der Waals surface area contributed by atoms with Gasteiger partial charge >= 0.3 is 0 Å². The van der Waals surface area contributed by atoms with Crippen LogP contribution in [0.1, 0.15) is 30.9 Å². The van der Waals surface area contributed by atoms with Crippen LogP contribution in [0.4, 0.5) is 0 Å². The lowest BCUT2D eigenvalue weighted by atomic mass is 10.0. The van der Waals surface area contributed by atoms with E-state index in [2.05, 4.69) is 33.4 Å². The molecule has 1 saturated carbocycles. The molecule has 3 heteroatoms. The molecule has 1 aliphatic rings. The van der Waals surface area contributed by atoms with Crippen molar-refractivity contribution < 1.29 is 0 Å². The average molecular weight is 289 g/mol. The molecule has 1 fully saturated rings. The van der Waals surface area contributed by atoms with Gasteiger partial charge in [-0.2, -0.15) is 0 Å². The minimum atomic E-state index is 0.437. The van der Waals surface area contributed by atoms with E-state index in [1.54, 1.807) is 0 Å². The van der Waals surface area contributed by atoms with Gasteiger partial charge in [-0.25, -0.2) is 0 Å². The summed E-state index contributed by atoms with van der Waals surface area (Å²) in [5.41, 5.74) is 1.28. The number of hydrogen-bond acceptors (Lipinski definition) is 1. The summed E-state index contributed by atoms with van der Waals surface area (Å²) in [4.78, 5) is 0. The summed E-state index contributed by atoms with van der Waals surface area (Å²) in [5, 5.41) is 4.17. The summed E-state index contributed by atoms with van der Waals surface area (Å²) in [6.07, 6.45) is 4.00. The third kappa shape index (κ3) is 3.20. The van der Waals surface area contributed by atoms with Crippen LogP contribution >= 0.6 is 27.5 Å². The Morgan fingerprint density at radius 3 is 2.73 bits per heavy atom. The molecule has 82 valence electrons. The van der Waals surface area contributed by atoms with Gasteiger partial charge in [-0.1, -0.05) is 40.4 Å². The summed E-state index contributed by atoms with van der Waals surface area (Å²) >= 11 is 9.53. The molecule has 1 aromatic rings. The van der Waals surface area contributed by atoms with E-state index < -0.39 is 0 Å². The molecule has 0 spiro atoms. The van der Waals surface area contributed by atoms with Crippen molar-refractivity contribution in [2.75, 3.05) is 7.05 Å². The van der Waals surface area contributed by atoms with Crippen molar-refractivity contribution in [1.82, 2.24) is 5.32 Å². The molecule has 1 atom stereocenters. The highest BCUT2D eigenvalue weighted by Gasteiger charge is 2.25. The summed E-state index contributed by atoms with van der Waals surface area (Å²) in [7, 11) is 2.02. The van der Waals surface area contributed by atoms with Crippen molar-refractivity contribution in [2.45, 2.75) is 25.3 Å². The molecule has 1 nitrogen and oxygen atoms in total. The van der Waals surface area contributed by atoms with E-state index in [-0.39, 0.29) is 0 Å². The first-order valence-electron chi connectivity index (χ1n) is 5.32. The lowest BCUT2D eigenvalue weighted by molar-refractivity contribution is 0.514. The molecule has 0 heterocycles. The van der Waals surface area contributed by atoms with E-state index in [4.69, 9.17) is 11.6 Å². The smallest absolute Gasteiger partial charge is 0.0420 e. The van der Waals surface area contributed by atoms with Crippen LogP contribution in [0.2, 0.25) is 5.02 Å². The molecule has 2 rings (SSSR count). The van der Waals surface area contributed by atoms with Gasteiger partial charge in [0, 0.05) is 15.5 Å². The Bertz CT molecular complexity index is 329. The molecule has 0 saturated heterocycles. The normalized spacial score (nSPS) is 17.8. The zero-order chi connectivity index (χ0) is 10.8. The first kappa shape index (κ1) is 11.4. The topological polar surface area (TPSA) is 12.0 Å². The second kappa shape index (κ2) is 4.86. The third-order valence-corrected chi connectivity index (χ3v) is 3.58. The number of halogens is 2.